The van der Waals surface area contributed by atoms with E-state index in [1.807, 2.05) is 0 Å². The minimum atomic E-state index is -0.465. The predicted molar refractivity (Wildman–Crippen MR) is 86.1 cm³/mol. The number of rotatable bonds is 9. The van der Waals surface area contributed by atoms with Crippen molar-refractivity contribution in [2.24, 2.45) is 0 Å². The van der Waals surface area contributed by atoms with Gasteiger partial charge < -0.3 is 15.2 Å². The lowest BCUT2D eigenvalue weighted by Gasteiger charge is -2.13. The van der Waals surface area contributed by atoms with Crippen molar-refractivity contribution in [2.75, 3.05) is 18.9 Å². The van der Waals surface area contributed by atoms with Crippen molar-refractivity contribution in [1.82, 2.24) is 0 Å². The van der Waals surface area contributed by atoms with Gasteiger partial charge >= 0.3 is 5.97 Å². The summed E-state index contributed by atoms with van der Waals surface area (Å²) in [6, 6.07) is 3.12. The molecule has 1 aromatic rings. The van der Waals surface area contributed by atoms with Crippen LogP contribution >= 0.6 is 11.6 Å². The number of nitrogen functional groups attached to an aromatic ring is 1. The van der Waals surface area contributed by atoms with E-state index in [0.29, 0.717) is 29.7 Å². The van der Waals surface area contributed by atoms with Crippen LogP contribution in [0.25, 0.3) is 0 Å². The van der Waals surface area contributed by atoms with E-state index in [9.17, 15) is 4.79 Å². The van der Waals surface area contributed by atoms with Crippen LogP contribution in [-0.4, -0.2) is 19.2 Å². The van der Waals surface area contributed by atoms with Crippen LogP contribution in [0.4, 0.5) is 5.69 Å². The fourth-order valence-corrected chi connectivity index (χ4v) is 2.28. The average Bonchev–Trinajstić information content (AvgIpc) is 2.44. The summed E-state index contributed by atoms with van der Waals surface area (Å²) in [5.41, 5.74) is 6.43. The second-order valence-corrected chi connectivity index (χ2v) is 5.27. The summed E-state index contributed by atoms with van der Waals surface area (Å²) in [6.45, 7) is 4.75. The molecule has 0 bridgehead atoms. The molecule has 0 fully saturated rings. The number of esters is 1. The van der Waals surface area contributed by atoms with Crippen molar-refractivity contribution in [3.63, 3.8) is 0 Å². The lowest BCUT2D eigenvalue weighted by atomic mass is 10.1. The molecule has 0 saturated carbocycles. The number of carbonyl (C=O) groups excluding carboxylic acids is 1. The highest BCUT2D eigenvalue weighted by atomic mass is 35.5. The Labute approximate surface area is 131 Å². The van der Waals surface area contributed by atoms with Gasteiger partial charge in [-0.3, -0.25) is 0 Å². The lowest BCUT2D eigenvalue weighted by molar-refractivity contribution is 0.0521. The monoisotopic (exact) mass is 313 g/mol. The average molecular weight is 314 g/mol. The van der Waals surface area contributed by atoms with Crippen LogP contribution in [0, 0.1) is 0 Å². The summed E-state index contributed by atoms with van der Waals surface area (Å²) >= 11 is 6.13. The first kappa shape index (κ1) is 17.6. The summed E-state index contributed by atoms with van der Waals surface area (Å²) in [5.74, 6) is -0.104. The van der Waals surface area contributed by atoms with E-state index in [0.717, 1.165) is 12.8 Å². The van der Waals surface area contributed by atoms with Gasteiger partial charge in [-0.15, -0.1) is 0 Å². The molecule has 21 heavy (non-hydrogen) atoms. The van der Waals surface area contributed by atoms with E-state index < -0.39 is 5.97 Å². The Bertz CT molecular complexity index is 463. The van der Waals surface area contributed by atoms with Crippen LogP contribution in [0.3, 0.4) is 0 Å². The van der Waals surface area contributed by atoms with Crippen molar-refractivity contribution < 1.29 is 14.3 Å². The van der Waals surface area contributed by atoms with Crippen molar-refractivity contribution in [1.29, 1.82) is 0 Å². The van der Waals surface area contributed by atoms with Gasteiger partial charge in [-0.25, -0.2) is 4.79 Å². The first-order valence-electron chi connectivity index (χ1n) is 7.49. The Balaban J connectivity index is 2.69. The quantitative estimate of drug-likeness (QED) is 0.415. The molecule has 1 rings (SSSR count). The third kappa shape index (κ3) is 5.84. The van der Waals surface area contributed by atoms with Gasteiger partial charge in [0.25, 0.3) is 0 Å². The Morgan fingerprint density at radius 1 is 1.19 bits per heavy atom. The van der Waals surface area contributed by atoms with Crippen molar-refractivity contribution in [3.05, 3.63) is 22.7 Å². The molecule has 1 aromatic carbocycles. The zero-order chi connectivity index (χ0) is 15.7. The molecule has 0 radical (unpaired) electrons. The fourth-order valence-electron chi connectivity index (χ4n) is 2.00. The van der Waals surface area contributed by atoms with Crippen LogP contribution in [-0.2, 0) is 4.74 Å². The molecule has 118 valence electrons. The number of nitrogens with two attached hydrogens (primary N) is 1. The third-order valence-corrected chi connectivity index (χ3v) is 3.34. The highest BCUT2D eigenvalue weighted by molar-refractivity contribution is 6.33. The predicted octanol–water partition coefficient (Wildman–Crippen LogP) is 4.45. The normalized spacial score (nSPS) is 10.4. The van der Waals surface area contributed by atoms with Gasteiger partial charge in [0, 0.05) is 5.69 Å². The number of hydrogen-bond donors (Lipinski definition) is 1. The maximum absolute atomic E-state index is 11.9. The Morgan fingerprint density at radius 3 is 2.57 bits per heavy atom. The highest BCUT2D eigenvalue weighted by Crippen LogP contribution is 2.32. The molecule has 0 aliphatic rings. The number of benzene rings is 1. The minimum absolute atomic E-state index is 0.287. The molecule has 0 aliphatic carbocycles. The molecular formula is C16H24ClNO3. The number of ether oxygens (including phenoxy) is 2. The number of hydrogen-bond acceptors (Lipinski definition) is 4. The Morgan fingerprint density at radius 2 is 1.90 bits per heavy atom. The van der Waals surface area contributed by atoms with Gasteiger partial charge in [-0.05, 0) is 25.5 Å². The maximum Gasteiger partial charge on any atom is 0.342 e. The van der Waals surface area contributed by atoms with Crippen LogP contribution in [0.5, 0.6) is 5.75 Å². The van der Waals surface area contributed by atoms with E-state index >= 15 is 0 Å². The van der Waals surface area contributed by atoms with Crippen molar-refractivity contribution in [2.45, 2.75) is 46.0 Å². The van der Waals surface area contributed by atoms with Crippen LogP contribution in [0.2, 0.25) is 5.02 Å². The summed E-state index contributed by atoms with van der Waals surface area (Å²) in [7, 11) is 0. The summed E-state index contributed by atoms with van der Waals surface area (Å²) in [6.07, 6.45) is 5.67. The number of unbranched alkanes of at least 4 members (excludes halogenated alkanes) is 4. The molecule has 2 N–H and O–H groups in total. The van der Waals surface area contributed by atoms with E-state index in [4.69, 9.17) is 26.8 Å². The molecule has 0 unspecified atom stereocenters. The van der Waals surface area contributed by atoms with Gasteiger partial charge in [0.05, 0.1) is 18.2 Å². The number of carbonyl (C=O) groups is 1. The van der Waals surface area contributed by atoms with E-state index in [1.165, 1.54) is 25.3 Å². The largest absolute Gasteiger partial charge is 0.491 e. The van der Waals surface area contributed by atoms with Crippen LogP contribution < -0.4 is 10.5 Å². The first-order valence-corrected chi connectivity index (χ1v) is 7.86. The molecule has 0 atom stereocenters. The third-order valence-electron chi connectivity index (χ3n) is 3.06. The molecule has 0 heterocycles. The number of halogens is 1. The SMILES string of the molecule is CCCCCCCOc1c(Cl)cc(N)cc1C(=O)OCC. The molecule has 0 spiro atoms. The van der Waals surface area contributed by atoms with Gasteiger partial charge in [-0.2, -0.15) is 0 Å². The van der Waals surface area contributed by atoms with Gasteiger partial charge in [-0.1, -0.05) is 44.2 Å². The molecule has 0 aliphatic heterocycles. The standard InChI is InChI=1S/C16H24ClNO3/c1-3-5-6-7-8-9-21-15-13(16(19)20-4-2)10-12(18)11-14(15)17/h10-11H,3-9,18H2,1-2H3. The summed E-state index contributed by atoms with van der Waals surface area (Å²) in [5, 5.41) is 0.339. The second-order valence-electron chi connectivity index (χ2n) is 4.86. The summed E-state index contributed by atoms with van der Waals surface area (Å²) < 4.78 is 10.7. The fraction of sp³-hybridized carbons (Fsp3) is 0.562. The van der Waals surface area contributed by atoms with E-state index in [2.05, 4.69) is 6.92 Å². The maximum atomic E-state index is 11.9. The zero-order valence-electron chi connectivity index (χ0n) is 12.8. The molecule has 0 aromatic heterocycles. The smallest absolute Gasteiger partial charge is 0.342 e. The molecule has 4 nitrogen and oxygen atoms in total. The first-order chi connectivity index (χ1) is 10.1. The van der Waals surface area contributed by atoms with E-state index in [-0.39, 0.29) is 5.56 Å². The van der Waals surface area contributed by atoms with Crippen LogP contribution in [0.1, 0.15) is 56.3 Å². The minimum Gasteiger partial charge on any atom is -0.491 e. The zero-order valence-corrected chi connectivity index (χ0v) is 13.5. The Hall–Kier alpha value is -1.42. The van der Waals surface area contributed by atoms with Crippen molar-refractivity contribution in [3.8, 4) is 5.75 Å². The molecule has 5 heteroatoms. The molecular weight excluding hydrogens is 290 g/mol. The topological polar surface area (TPSA) is 61.5 Å². The highest BCUT2D eigenvalue weighted by Gasteiger charge is 2.18. The van der Waals surface area contributed by atoms with Crippen LogP contribution in [0.15, 0.2) is 12.1 Å². The second kappa shape index (κ2) is 9.50. The number of anilines is 1. The van der Waals surface area contributed by atoms with Gasteiger partial charge in [0.15, 0.2) is 5.75 Å². The summed E-state index contributed by atoms with van der Waals surface area (Å²) in [4.78, 5) is 11.9. The van der Waals surface area contributed by atoms with Gasteiger partial charge in [0.1, 0.15) is 5.56 Å². The molecule has 0 saturated heterocycles. The van der Waals surface area contributed by atoms with Gasteiger partial charge in [0.2, 0.25) is 0 Å². The van der Waals surface area contributed by atoms with Crippen molar-refractivity contribution >= 4 is 23.3 Å². The Kier molecular flexibility index (Phi) is 7.98. The molecule has 0 amide bonds. The van der Waals surface area contributed by atoms with E-state index in [1.54, 1.807) is 13.0 Å². The lowest BCUT2D eigenvalue weighted by Crippen LogP contribution is -2.10.